The number of carboxylic acids is 1. The van der Waals surface area contributed by atoms with Gasteiger partial charge in [-0.1, -0.05) is 0 Å². The molecule has 0 bridgehead atoms. The van der Waals surface area contributed by atoms with Gasteiger partial charge >= 0.3 is 12.1 Å². The zero-order valence-corrected chi connectivity index (χ0v) is 14.5. The number of Topliss-reactive ketones (excluding diaryl/α,β-unsaturated/α-hetero) is 1. The summed E-state index contributed by atoms with van der Waals surface area (Å²) in [5.41, 5.74) is -1.96. The van der Waals surface area contributed by atoms with Crippen LogP contribution in [0.15, 0.2) is 0 Å². The van der Waals surface area contributed by atoms with E-state index in [9.17, 15) is 19.5 Å². The van der Waals surface area contributed by atoms with Gasteiger partial charge in [-0.2, -0.15) is 0 Å². The largest absolute Gasteiger partial charge is 0.481 e. The fraction of sp³-hybridized carbons (Fsp3) is 0.824. The highest BCUT2D eigenvalue weighted by Gasteiger charge is 2.52. The van der Waals surface area contributed by atoms with Gasteiger partial charge in [-0.25, -0.2) is 4.79 Å². The number of ketones is 1. The molecule has 6 heteroatoms. The molecule has 0 radical (unpaired) electrons. The van der Waals surface area contributed by atoms with Crippen LogP contribution >= 0.6 is 0 Å². The fourth-order valence-corrected chi connectivity index (χ4v) is 3.70. The lowest BCUT2D eigenvalue weighted by atomic mass is 9.59. The molecule has 0 aromatic heterocycles. The zero-order valence-electron chi connectivity index (χ0n) is 14.5. The summed E-state index contributed by atoms with van der Waals surface area (Å²) in [5, 5.41) is 9.44. The number of hydrogen-bond donors (Lipinski definition) is 1. The Bertz CT molecular complexity index is 514. The minimum Gasteiger partial charge on any atom is -0.481 e. The summed E-state index contributed by atoms with van der Waals surface area (Å²) in [5.74, 6) is -1.21. The van der Waals surface area contributed by atoms with Crippen LogP contribution in [0, 0.1) is 10.8 Å². The molecule has 1 N–H and O–H groups in total. The van der Waals surface area contributed by atoms with Crippen molar-refractivity contribution in [3.63, 3.8) is 0 Å². The summed E-state index contributed by atoms with van der Waals surface area (Å²) in [6, 6.07) is 0. The molecule has 1 unspecified atom stereocenters. The topological polar surface area (TPSA) is 83.9 Å². The molecule has 1 atom stereocenters. The van der Waals surface area contributed by atoms with Crippen LogP contribution in [0.25, 0.3) is 0 Å². The number of carbonyl (C=O) groups excluding carboxylic acids is 2. The summed E-state index contributed by atoms with van der Waals surface area (Å²) in [6.07, 6.45) is 2.54. The molecule has 2 fully saturated rings. The molecule has 1 saturated carbocycles. The number of rotatable bonds is 1. The molecule has 1 heterocycles. The molecule has 2 rings (SSSR count). The van der Waals surface area contributed by atoms with Crippen LogP contribution < -0.4 is 0 Å². The Morgan fingerprint density at radius 2 is 1.74 bits per heavy atom. The second kappa shape index (κ2) is 5.80. The van der Waals surface area contributed by atoms with Gasteiger partial charge in [0.05, 0.1) is 0 Å². The van der Waals surface area contributed by atoms with Gasteiger partial charge in [-0.3, -0.25) is 9.59 Å². The predicted octanol–water partition coefficient (Wildman–Crippen LogP) is 2.85. The molecule has 6 nitrogen and oxygen atoms in total. The average molecular weight is 325 g/mol. The van der Waals surface area contributed by atoms with Gasteiger partial charge in [0.25, 0.3) is 0 Å². The van der Waals surface area contributed by atoms with E-state index in [2.05, 4.69) is 0 Å². The third-order valence-corrected chi connectivity index (χ3v) is 5.17. The van der Waals surface area contributed by atoms with Crippen LogP contribution in [0.5, 0.6) is 0 Å². The first kappa shape index (κ1) is 17.8. The van der Waals surface area contributed by atoms with Gasteiger partial charge in [-0.15, -0.1) is 0 Å². The van der Waals surface area contributed by atoms with E-state index in [1.807, 2.05) is 20.8 Å². The standard InChI is InChI=1S/C17H27NO5/c1-15(2,3)23-14(22)18-9-7-17(8-10-18)6-5-12(19)16(4,11-17)13(20)21/h5-11H2,1-4H3,(H,20,21). The zero-order chi connectivity index (χ0) is 17.5. The number of amides is 1. The van der Waals surface area contributed by atoms with E-state index < -0.39 is 17.0 Å². The number of piperidine rings is 1. The van der Waals surface area contributed by atoms with Gasteiger partial charge in [0.2, 0.25) is 0 Å². The number of aliphatic carboxylic acids is 1. The van der Waals surface area contributed by atoms with Crippen molar-refractivity contribution in [1.82, 2.24) is 4.90 Å². The maximum absolute atomic E-state index is 12.1. The second-order valence-electron chi connectivity index (χ2n) is 8.20. The maximum atomic E-state index is 12.1. The summed E-state index contributed by atoms with van der Waals surface area (Å²) < 4.78 is 5.39. The maximum Gasteiger partial charge on any atom is 0.410 e. The van der Waals surface area contributed by atoms with Crippen LogP contribution in [0.4, 0.5) is 4.79 Å². The van der Waals surface area contributed by atoms with Crippen molar-refractivity contribution >= 4 is 17.8 Å². The Labute approximate surface area is 137 Å². The van der Waals surface area contributed by atoms with Crippen molar-refractivity contribution in [1.29, 1.82) is 0 Å². The van der Waals surface area contributed by atoms with E-state index in [4.69, 9.17) is 4.74 Å². The van der Waals surface area contributed by atoms with Crippen molar-refractivity contribution in [3.8, 4) is 0 Å². The molecule has 23 heavy (non-hydrogen) atoms. The molecule has 1 aliphatic heterocycles. The molecule has 1 spiro atoms. The van der Waals surface area contributed by atoms with Crippen molar-refractivity contribution < 1.29 is 24.2 Å². The Balaban J connectivity index is 2.02. The van der Waals surface area contributed by atoms with Crippen LogP contribution in [-0.4, -0.2) is 46.5 Å². The first-order chi connectivity index (χ1) is 10.5. The lowest BCUT2D eigenvalue weighted by molar-refractivity contribution is -0.160. The smallest absolute Gasteiger partial charge is 0.410 e. The number of carboxylic acid groups (broad SMARTS) is 1. The van der Waals surface area contributed by atoms with Gasteiger partial charge in [0.15, 0.2) is 0 Å². The Kier molecular flexibility index (Phi) is 4.48. The normalized spacial score (nSPS) is 27.8. The van der Waals surface area contributed by atoms with Crippen LogP contribution in [-0.2, 0) is 14.3 Å². The van der Waals surface area contributed by atoms with Crippen LogP contribution in [0.2, 0.25) is 0 Å². The molecule has 130 valence electrons. The van der Waals surface area contributed by atoms with E-state index in [0.717, 1.165) is 19.3 Å². The van der Waals surface area contributed by atoms with Crippen molar-refractivity contribution in [2.45, 2.75) is 65.4 Å². The summed E-state index contributed by atoms with van der Waals surface area (Å²) >= 11 is 0. The molecule has 2 aliphatic rings. The van der Waals surface area contributed by atoms with Gasteiger partial charge in [0.1, 0.15) is 16.8 Å². The highest BCUT2D eigenvalue weighted by molar-refractivity contribution is 6.03. The minimum absolute atomic E-state index is 0.153. The summed E-state index contributed by atoms with van der Waals surface area (Å²) in [6.45, 7) is 8.15. The first-order valence-electron chi connectivity index (χ1n) is 8.22. The molecular formula is C17H27NO5. The molecular weight excluding hydrogens is 298 g/mol. The number of likely N-dealkylation sites (tertiary alicyclic amines) is 1. The SMILES string of the molecule is CC(C)(C)OC(=O)N1CCC2(CCC(=O)C(C)(C(=O)O)C2)CC1. The van der Waals surface area contributed by atoms with E-state index in [0.29, 0.717) is 25.9 Å². The quantitative estimate of drug-likeness (QED) is 0.749. The Hall–Kier alpha value is -1.59. The minimum atomic E-state index is -1.29. The van der Waals surface area contributed by atoms with E-state index in [1.54, 1.807) is 11.8 Å². The predicted molar refractivity (Wildman–Crippen MR) is 84.1 cm³/mol. The number of hydrogen-bond acceptors (Lipinski definition) is 4. The lowest BCUT2D eigenvalue weighted by Gasteiger charge is -2.48. The third-order valence-electron chi connectivity index (χ3n) is 5.17. The Morgan fingerprint density at radius 3 is 2.22 bits per heavy atom. The van der Waals surface area contributed by atoms with E-state index in [1.165, 1.54) is 0 Å². The van der Waals surface area contributed by atoms with Gasteiger partial charge in [0, 0.05) is 19.5 Å². The number of carbonyl (C=O) groups is 3. The van der Waals surface area contributed by atoms with Gasteiger partial charge < -0.3 is 14.7 Å². The molecule has 1 saturated heterocycles. The second-order valence-corrected chi connectivity index (χ2v) is 8.20. The van der Waals surface area contributed by atoms with Crippen molar-refractivity contribution in [2.75, 3.05) is 13.1 Å². The monoisotopic (exact) mass is 325 g/mol. The molecule has 0 aromatic rings. The summed E-state index contributed by atoms with van der Waals surface area (Å²) in [7, 11) is 0. The number of nitrogens with zero attached hydrogens (tertiary/aromatic N) is 1. The number of ether oxygens (including phenoxy) is 1. The fourth-order valence-electron chi connectivity index (χ4n) is 3.70. The first-order valence-corrected chi connectivity index (χ1v) is 8.22. The molecule has 1 amide bonds. The summed E-state index contributed by atoms with van der Waals surface area (Å²) in [4.78, 5) is 37.4. The van der Waals surface area contributed by atoms with E-state index in [-0.39, 0.29) is 17.3 Å². The van der Waals surface area contributed by atoms with Crippen LogP contribution in [0.3, 0.4) is 0 Å². The highest BCUT2D eigenvalue weighted by Crippen LogP contribution is 2.50. The highest BCUT2D eigenvalue weighted by atomic mass is 16.6. The lowest BCUT2D eigenvalue weighted by Crippen LogP contribution is -2.51. The van der Waals surface area contributed by atoms with Gasteiger partial charge in [-0.05, 0) is 58.8 Å². The van der Waals surface area contributed by atoms with Crippen LogP contribution in [0.1, 0.15) is 59.8 Å². The average Bonchev–Trinajstić information content (AvgIpc) is 2.42. The Morgan fingerprint density at radius 1 is 1.17 bits per heavy atom. The van der Waals surface area contributed by atoms with Crippen molar-refractivity contribution in [2.24, 2.45) is 10.8 Å². The molecule has 1 aliphatic carbocycles. The molecule has 0 aromatic carbocycles. The van der Waals surface area contributed by atoms with Crippen molar-refractivity contribution in [3.05, 3.63) is 0 Å². The third kappa shape index (κ3) is 3.67. The van der Waals surface area contributed by atoms with E-state index >= 15 is 0 Å².